The molecule has 3 aromatic rings. The molecule has 0 spiro atoms. The maximum atomic E-state index is 13.1. The minimum atomic E-state index is -0.243. The van der Waals surface area contributed by atoms with Gasteiger partial charge in [0.2, 0.25) is 0 Å². The van der Waals surface area contributed by atoms with Crippen LogP contribution in [0.2, 0.25) is 0 Å². The first-order chi connectivity index (χ1) is 10.1. The Labute approximate surface area is 123 Å². The van der Waals surface area contributed by atoms with Crippen LogP contribution >= 0.6 is 0 Å². The molecule has 0 amide bonds. The first-order valence-electron chi connectivity index (χ1n) is 6.90. The molecule has 0 fully saturated rings. The van der Waals surface area contributed by atoms with Crippen molar-refractivity contribution in [3.8, 4) is 22.4 Å². The van der Waals surface area contributed by atoms with Gasteiger partial charge in [-0.3, -0.25) is 9.67 Å². The lowest BCUT2D eigenvalue weighted by Crippen LogP contribution is -2.00. The average molecular weight is 281 g/mol. The van der Waals surface area contributed by atoms with E-state index in [0.29, 0.717) is 0 Å². The predicted octanol–water partition coefficient (Wildman–Crippen LogP) is 4.33. The van der Waals surface area contributed by atoms with Crippen molar-refractivity contribution in [3.05, 3.63) is 60.8 Å². The van der Waals surface area contributed by atoms with Gasteiger partial charge in [-0.2, -0.15) is 5.10 Å². The van der Waals surface area contributed by atoms with Crippen molar-refractivity contribution in [2.75, 3.05) is 0 Å². The maximum absolute atomic E-state index is 13.1. The summed E-state index contributed by atoms with van der Waals surface area (Å²) in [6, 6.07) is 10.6. The average Bonchev–Trinajstić information content (AvgIpc) is 2.94. The Morgan fingerprint density at radius 3 is 2.24 bits per heavy atom. The zero-order valence-electron chi connectivity index (χ0n) is 12.0. The SMILES string of the molecule is CC(C)n1cc(-c2ccncc2)c(-c2ccc(F)cc2)n1. The van der Waals surface area contributed by atoms with Crippen LogP contribution in [0, 0.1) is 5.82 Å². The predicted molar refractivity (Wildman–Crippen MR) is 81.2 cm³/mol. The van der Waals surface area contributed by atoms with E-state index in [0.717, 1.165) is 22.4 Å². The van der Waals surface area contributed by atoms with Crippen molar-refractivity contribution >= 4 is 0 Å². The zero-order chi connectivity index (χ0) is 14.8. The number of pyridine rings is 1. The van der Waals surface area contributed by atoms with Crippen LogP contribution in [-0.4, -0.2) is 14.8 Å². The highest BCUT2D eigenvalue weighted by Gasteiger charge is 2.14. The van der Waals surface area contributed by atoms with E-state index in [1.165, 1.54) is 12.1 Å². The van der Waals surface area contributed by atoms with E-state index in [-0.39, 0.29) is 11.9 Å². The summed E-state index contributed by atoms with van der Waals surface area (Å²) in [4.78, 5) is 4.05. The third-order valence-corrected chi connectivity index (χ3v) is 3.37. The summed E-state index contributed by atoms with van der Waals surface area (Å²) in [5.41, 5.74) is 3.84. The second kappa shape index (κ2) is 5.48. The molecular formula is C17H16FN3. The molecule has 0 radical (unpaired) electrons. The van der Waals surface area contributed by atoms with Crippen LogP contribution in [0.25, 0.3) is 22.4 Å². The van der Waals surface area contributed by atoms with Crippen molar-refractivity contribution in [2.45, 2.75) is 19.9 Å². The number of hydrogen-bond acceptors (Lipinski definition) is 2. The molecule has 1 aromatic carbocycles. The van der Waals surface area contributed by atoms with Gasteiger partial charge in [-0.05, 0) is 55.8 Å². The largest absolute Gasteiger partial charge is 0.269 e. The van der Waals surface area contributed by atoms with Gasteiger partial charge in [0.25, 0.3) is 0 Å². The van der Waals surface area contributed by atoms with E-state index >= 15 is 0 Å². The second-order valence-electron chi connectivity index (χ2n) is 5.21. The minimum Gasteiger partial charge on any atom is -0.269 e. The molecule has 106 valence electrons. The molecule has 3 nitrogen and oxygen atoms in total. The molecule has 0 aliphatic carbocycles. The summed E-state index contributed by atoms with van der Waals surface area (Å²) >= 11 is 0. The lowest BCUT2D eigenvalue weighted by atomic mass is 10.0. The Hall–Kier alpha value is -2.49. The Morgan fingerprint density at radius 2 is 1.62 bits per heavy atom. The molecule has 0 saturated heterocycles. The van der Waals surface area contributed by atoms with Gasteiger partial charge in [-0.25, -0.2) is 4.39 Å². The van der Waals surface area contributed by atoms with E-state index < -0.39 is 0 Å². The van der Waals surface area contributed by atoms with Crippen LogP contribution in [0.5, 0.6) is 0 Å². The Bertz CT molecular complexity index is 730. The number of benzene rings is 1. The molecule has 0 atom stereocenters. The van der Waals surface area contributed by atoms with Crippen molar-refractivity contribution in [2.24, 2.45) is 0 Å². The van der Waals surface area contributed by atoms with Gasteiger partial charge in [-0.15, -0.1) is 0 Å². The summed E-state index contributed by atoms with van der Waals surface area (Å²) < 4.78 is 15.1. The highest BCUT2D eigenvalue weighted by Crippen LogP contribution is 2.31. The smallest absolute Gasteiger partial charge is 0.123 e. The fourth-order valence-corrected chi connectivity index (χ4v) is 2.22. The highest BCUT2D eigenvalue weighted by molar-refractivity contribution is 5.80. The van der Waals surface area contributed by atoms with Crippen molar-refractivity contribution in [1.82, 2.24) is 14.8 Å². The quantitative estimate of drug-likeness (QED) is 0.715. The zero-order valence-corrected chi connectivity index (χ0v) is 12.0. The minimum absolute atomic E-state index is 0.243. The van der Waals surface area contributed by atoms with E-state index in [1.807, 2.05) is 23.0 Å². The summed E-state index contributed by atoms with van der Waals surface area (Å²) in [5.74, 6) is -0.243. The highest BCUT2D eigenvalue weighted by atomic mass is 19.1. The maximum Gasteiger partial charge on any atom is 0.123 e. The Kier molecular flexibility index (Phi) is 3.52. The topological polar surface area (TPSA) is 30.7 Å². The molecule has 21 heavy (non-hydrogen) atoms. The molecule has 0 N–H and O–H groups in total. The molecule has 0 aliphatic heterocycles. The first-order valence-corrected chi connectivity index (χ1v) is 6.90. The summed E-state index contributed by atoms with van der Waals surface area (Å²) in [5, 5.41) is 4.66. The van der Waals surface area contributed by atoms with Crippen LogP contribution < -0.4 is 0 Å². The number of hydrogen-bond donors (Lipinski definition) is 0. The van der Waals surface area contributed by atoms with Gasteiger partial charge in [0.05, 0.1) is 0 Å². The molecule has 0 saturated carbocycles. The Morgan fingerprint density at radius 1 is 0.952 bits per heavy atom. The second-order valence-corrected chi connectivity index (χ2v) is 5.21. The standard InChI is InChI=1S/C17H16FN3/c1-12(2)21-11-16(13-7-9-19-10-8-13)17(20-21)14-3-5-15(18)6-4-14/h3-12H,1-2H3. The van der Waals surface area contributed by atoms with Gasteiger partial charge in [0.15, 0.2) is 0 Å². The molecule has 0 aliphatic rings. The number of nitrogens with zero attached hydrogens (tertiary/aromatic N) is 3. The molecule has 0 unspecified atom stereocenters. The van der Waals surface area contributed by atoms with Crippen LogP contribution in [0.15, 0.2) is 55.0 Å². The summed E-state index contributed by atoms with van der Waals surface area (Å²) in [6.07, 6.45) is 5.55. The third-order valence-electron chi connectivity index (χ3n) is 3.37. The lowest BCUT2D eigenvalue weighted by molar-refractivity contribution is 0.534. The van der Waals surface area contributed by atoms with Crippen LogP contribution in [-0.2, 0) is 0 Å². The lowest BCUT2D eigenvalue weighted by Gasteiger charge is -2.03. The van der Waals surface area contributed by atoms with E-state index in [1.54, 1.807) is 24.5 Å². The van der Waals surface area contributed by atoms with E-state index in [4.69, 9.17) is 0 Å². The summed E-state index contributed by atoms with van der Waals surface area (Å²) in [6.45, 7) is 4.16. The first kappa shape index (κ1) is 13.5. The molecule has 0 bridgehead atoms. The van der Waals surface area contributed by atoms with E-state index in [9.17, 15) is 4.39 Å². The Balaban J connectivity index is 2.16. The summed E-state index contributed by atoms with van der Waals surface area (Å²) in [7, 11) is 0. The number of halogens is 1. The van der Waals surface area contributed by atoms with E-state index in [2.05, 4.69) is 23.9 Å². The fourth-order valence-electron chi connectivity index (χ4n) is 2.22. The molecule has 4 heteroatoms. The van der Waals surface area contributed by atoms with Gasteiger partial charge >= 0.3 is 0 Å². The van der Waals surface area contributed by atoms with Crippen molar-refractivity contribution in [1.29, 1.82) is 0 Å². The fraction of sp³-hybridized carbons (Fsp3) is 0.176. The third kappa shape index (κ3) is 2.70. The number of aromatic nitrogens is 3. The van der Waals surface area contributed by atoms with Gasteiger partial charge in [0.1, 0.15) is 11.5 Å². The van der Waals surface area contributed by atoms with Crippen LogP contribution in [0.1, 0.15) is 19.9 Å². The van der Waals surface area contributed by atoms with Crippen LogP contribution in [0.4, 0.5) is 4.39 Å². The van der Waals surface area contributed by atoms with Gasteiger partial charge in [-0.1, -0.05) is 0 Å². The molecule has 3 rings (SSSR count). The molecule has 2 aromatic heterocycles. The monoisotopic (exact) mass is 281 g/mol. The molecular weight excluding hydrogens is 265 g/mol. The van der Waals surface area contributed by atoms with Crippen LogP contribution in [0.3, 0.4) is 0 Å². The van der Waals surface area contributed by atoms with Crippen molar-refractivity contribution < 1.29 is 4.39 Å². The number of rotatable bonds is 3. The van der Waals surface area contributed by atoms with Gasteiger partial charge < -0.3 is 0 Å². The van der Waals surface area contributed by atoms with Gasteiger partial charge in [0, 0.05) is 35.8 Å². The normalized spacial score (nSPS) is 11.0. The molecule has 2 heterocycles. The van der Waals surface area contributed by atoms with Crippen molar-refractivity contribution in [3.63, 3.8) is 0 Å².